The van der Waals surface area contributed by atoms with Crippen molar-refractivity contribution in [1.29, 1.82) is 0 Å². The van der Waals surface area contributed by atoms with Crippen molar-refractivity contribution in [2.24, 2.45) is 5.73 Å². The number of hydrogen-bond donors (Lipinski definition) is 1. The van der Waals surface area contributed by atoms with Gasteiger partial charge >= 0.3 is 0 Å². The van der Waals surface area contributed by atoms with Gasteiger partial charge in [-0.3, -0.25) is 8.60 Å². The van der Waals surface area contributed by atoms with Gasteiger partial charge in [-0.2, -0.15) is 0 Å². The average molecular weight is 153 g/mol. The molecule has 0 saturated heterocycles. The minimum atomic E-state index is -1.06. The van der Waals surface area contributed by atoms with E-state index in [9.17, 15) is 8.60 Å². The molecule has 2 N–H and O–H groups in total. The van der Waals surface area contributed by atoms with E-state index >= 15 is 0 Å². The van der Waals surface area contributed by atoms with Crippen LogP contribution in [0.25, 0.3) is 0 Å². The molecule has 4 heteroatoms. The summed E-state index contributed by atoms with van der Waals surface area (Å²) in [6.07, 6.45) is 0. The first kappa shape index (κ1) is 9.04. The van der Waals surface area contributed by atoms with Crippen LogP contribution in [0.1, 0.15) is 6.92 Å². The van der Waals surface area contributed by atoms with Crippen molar-refractivity contribution in [2.45, 2.75) is 12.2 Å². The molecule has 0 radical (unpaired) electrons. The summed E-state index contributed by atoms with van der Waals surface area (Å²) in [5.41, 5.74) is 5.19. The lowest BCUT2D eigenvalue weighted by Crippen LogP contribution is -2.24. The first-order valence-electron chi connectivity index (χ1n) is 2.85. The summed E-state index contributed by atoms with van der Waals surface area (Å²) in [6, 6.07) is 0. The van der Waals surface area contributed by atoms with Crippen molar-refractivity contribution in [3.05, 3.63) is 0 Å². The van der Waals surface area contributed by atoms with Gasteiger partial charge in [0.15, 0.2) is 0 Å². The topological polar surface area (TPSA) is 43.1 Å². The third-order valence-corrected chi connectivity index (χ3v) is 2.71. The molecule has 0 spiro atoms. The molecule has 0 aliphatic heterocycles. The highest BCUT2D eigenvalue weighted by Crippen LogP contribution is 1.92. The molecule has 0 aromatic heterocycles. The van der Waals surface area contributed by atoms with E-state index in [0.29, 0.717) is 6.54 Å². The zero-order chi connectivity index (χ0) is 7.28. The predicted octanol–water partition coefficient (Wildman–Crippen LogP) is 0.0518. The van der Waals surface area contributed by atoms with Gasteiger partial charge in [0.05, 0.1) is 5.75 Å². The molecule has 0 heterocycles. The largest absolute Gasteiger partial charge is 0.329 e. The minimum Gasteiger partial charge on any atom is -0.329 e. The number of nitrogens with two attached hydrogens (primary N) is 1. The molecule has 0 amide bonds. The fraction of sp³-hybridized carbons (Fsp3) is 1.00. The van der Waals surface area contributed by atoms with E-state index in [-0.39, 0.29) is 11.0 Å². The molecule has 2 atom stereocenters. The lowest BCUT2D eigenvalue weighted by Gasteiger charge is -2.04. The van der Waals surface area contributed by atoms with E-state index in [1.54, 1.807) is 6.92 Å². The highest BCUT2D eigenvalue weighted by atomic mass is 32.2. The van der Waals surface area contributed by atoms with Crippen LogP contribution in [-0.4, -0.2) is 28.4 Å². The zero-order valence-corrected chi connectivity index (χ0v) is 6.29. The monoisotopic (exact) mass is 153 g/mol. The van der Waals surface area contributed by atoms with Gasteiger partial charge in [-0.25, -0.2) is 0 Å². The summed E-state index contributed by atoms with van der Waals surface area (Å²) in [5, 5.41) is -0.0688. The summed E-state index contributed by atoms with van der Waals surface area (Å²) in [6.45, 7) is 1.61. The van der Waals surface area contributed by atoms with E-state index in [1.165, 1.54) is 0 Å². The third kappa shape index (κ3) is 3.59. The quantitative estimate of drug-likeness (QED) is 0.620. The van der Waals surface area contributed by atoms with E-state index in [1.807, 2.05) is 0 Å². The maximum absolute atomic E-state index is 11.5. The summed E-state index contributed by atoms with van der Waals surface area (Å²) in [7, 11) is -1.06. The van der Waals surface area contributed by atoms with E-state index in [4.69, 9.17) is 5.73 Å². The van der Waals surface area contributed by atoms with Gasteiger partial charge in [-0.05, 0) is 6.92 Å². The molecule has 2 unspecified atom stereocenters. The van der Waals surface area contributed by atoms with Crippen LogP contribution in [0.5, 0.6) is 0 Å². The fourth-order valence-electron chi connectivity index (χ4n) is 0.385. The second kappa shape index (κ2) is 4.88. The standard InChI is InChI=1S/C5H12FNOS/c1-5(4-7)9(8)3-2-6/h5H,2-4,7H2,1H3. The average Bonchev–Trinajstić information content (AvgIpc) is 1.87. The first-order valence-corrected chi connectivity index (χ1v) is 4.23. The van der Waals surface area contributed by atoms with Crippen LogP contribution in [0.2, 0.25) is 0 Å². The van der Waals surface area contributed by atoms with Gasteiger partial charge in [0.1, 0.15) is 6.67 Å². The molecule has 0 aliphatic rings. The molecule has 56 valence electrons. The fourth-order valence-corrected chi connectivity index (χ4v) is 1.15. The Morgan fingerprint density at radius 2 is 2.33 bits per heavy atom. The van der Waals surface area contributed by atoms with Crippen molar-refractivity contribution in [3.63, 3.8) is 0 Å². The Bertz CT molecular complexity index is 99.0. The van der Waals surface area contributed by atoms with Gasteiger partial charge in [-0.15, -0.1) is 0 Å². The summed E-state index contributed by atoms with van der Waals surface area (Å²) in [4.78, 5) is 0. The molecular weight excluding hydrogens is 141 g/mol. The van der Waals surface area contributed by atoms with Crippen LogP contribution in [-0.2, 0) is 10.8 Å². The highest BCUT2D eigenvalue weighted by Gasteiger charge is 2.06. The van der Waals surface area contributed by atoms with Crippen LogP contribution >= 0.6 is 0 Å². The molecule has 0 aromatic carbocycles. The van der Waals surface area contributed by atoms with Crippen molar-refractivity contribution in [3.8, 4) is 0 Å². The molecule has 0 bridgehead atoms. The van der Waals surface area contributed by atoms with E-state index in [2.05, 4.69) is 0 Å². The Labute approximate surface area is 57.1 Å². The van der Waals surface area contributed by atoms with Crippen LogP contribution in [0.4, 0.5) is 4.39 Å². The van der Waals surface area contributed by atoms with Crippen LogP contribution in [0.15, 0.2) is 0 Å². The number of alkyl halides is 1. The lowest BCUT2D eigenvalue weighted by molar-refractivity contribution is 0.527. The van der Waals surface area contributed by atoms with E-state index in [0.717, 1.165) is 0 Å². The van der Waals surface area contributed by atoms with Gasteiger partial charge in [0.25, 0.3) is 0 Å². The van der Waals surface area contributed by atoms with Gasteiger partial charge in [0, 0.05) is 22.6 Å². The summed E-state index contributed by atoms with van der Waals surface area (Å²) < 4.78 is 22.3. The molecule has 0 saturated carbocycles. The smallest absolute Gasteiger partial charge is 0.101 e. The lowest BCUT2D eigenvalue weighted by atomic mass is 10.5. The number of halogens is 1. The molecular formula is C5H12FNOS. The van der Waals surface area contributed by atoms with E-state index < -0.39 is 17.5 Å². The first-order chi connectivity index (χ1) is 4.22. The molecule has 0 rings (SSSR count). The predicted molar refractivity (Wildman–Crippen MR) is 37.5 cm³/mol. The van der Waals surface area contributed by atoms with Crippen LogP contribution in [0.3, 0.4) is 0 Å². The van der Waals surface area contributed by atoms with Crippen LogP contribution in [0, 0.1) is 0 Å². The molecule has 0 aliphatic carbocycles. The zero-order valence-electron chi connectivity index (χ0n) is 5.47. The Balaban J connectivity index is 3.46. The molecule has 2 nitrogen and oxygen atoms in total. The normalized spacial score (nSPS) is 17.2. The van der Waals surface area contributed by atoms with Crippen molar-refractivity contribution in [1.82, 2.24) is 0 Å². The Kier molecular flexibility index (Phi) is 4.90. The Morgan fingerprint density at radius 3 is 2.67 bits per heavy atom. The second-order valence-corrected chi connectivity index (χ2v) is 3.79. The maximum atomic E-state index is 11.5. The molecule has 9 heavy (non-hydrogen) atoms. The maximum Gasteiger partial charge on any atom is 0.101 e. The van der Waals surface area contributed by atoms with Crippen LogP contribution < -0.4 is 5.73 Å². The number of hydrogen-bond acceptors (Lipinski definition) is 2. The third-order valence-electron chi connectivity index (χ3n) is 1.06. The highest BCUT2D eigenvalue weighted by molar-refractivity contribution is 7.85. The van der Waals surface area contributed by atoms with Crippen molar-refractivity contribution >= 4 is 10.8 Å². The summed E-state index contributed by atoms with van der Waals surface area (Å²) in [5.74, 6) is 0.123. The van der Waals surface area contributed by atoms with Gasteiger partial charge in [-0.1, -0.05) is 0 Å². The Hall–Kier alpha value is 0.0400. The molecule has 0 aromatic rings. The minimum absolute atomic E-state index is 0.0688. The van der Waals surface area contributed by atoms with Gasteiger partial charge < -0.3 is 5.73 Å². The second-order valence-electron chi connectivity index (χ2n) is 1.82. The number of rotatable bonds is 4. The SMILES string of the molecule is CC(CN)S(=O)CCF. The molecule has 0 fully saturated rings. The van der Waals surface area contributed by atoms with Gasteiger partial charge in [0.2, 0.25) is 0 Å². The van der Waals surface area contributed by atoms with Crippen molar-refractivity contribution < 1.29 is 8.60 Å². The van der Waals surface area contributed by atoms with Crippen molar-refractivity contribution in [2.75, 3.05) is 19.0 Å². The summed E-state index contributed by atoms with van der Waals surface area (Å²) >= 11 is 0. The Morgan fingerprint density at radius 1 is 1.78 bits per heavy atom.